The summed E-state index contributed by atoms with van der Waals surface area (Å²) in [5.74, 6) is -0.762. The first-order chi connectivity index (χ1) is 12.2. The topological polar surface area (TPSA) is 63.1 Å². The number of amides is 1. The van der Waals surface area contributed by atoms with Gasteiger partial charge in [-0.1, -0.05) is 23.4 Å². The van der Waals surface area contributed by atoms with Gasteiger partial charge < -0.3 is 10.2 Å². The van der Waals surface area contributed by atoms with Crippen LogP contribution in [0.15, 0.2) is 42.5 Å². The SMILES string of the molecule is O=C(Cn1nnc2ccccc21)Nc1c(F)cccc1N1CCCC1. The van der Waals surface area contributed by atoms with Crippen molar-refractivity contribution in [2.45, 2.75) is 19.4 Å². The summed E-state index contributed by atoms with van der Waals surface area (Å²) in [5.41, 5.74) is 2.46. The maximum atomic E-state index is 14.3. The normalized spacial score (nSPS) is 14.2. The van der Waals surface area contributed by atoms with Gasteiger partial charge in [-0.2, -0.15) is 0 Å². The minimum atomic E-state index is -0.429. The van der Waals surface area contributed by atoms with Gasteiger partial charge in [0.25, 0.3) is 0 Å². The first-order valence-corrected chi connectivity index (χ1v) is 8.34. The maximum absolute atomic E-state index is 14.3. The van der Waals surface area contributed by atoms with E-state index < -0.39 is 5.82 Å². The highest BCUT2D eigenvalue weighted by molar-refractivity contribution is 5.95. The molecule has 25 heavy (non-hydrogen) atoms. The molecule has 1 aliphatic heterocycles. The zero-order chi connectivity index (χ0) is 17.2. The molecule has 0 bridgehead atoms. The number of carbonyl (C=O) groups excluding carboxylic acids is 1. The number of hydrogen-bond donors (Lipinski definition) is 1. The summed E-state index contributed by atoms with van der Waals surface area (Å²) in [5, 5.41) is 10.7. The van der Waals surface area contributed by atoms with Gasteiger partial charge in [-0.3, -0.25) is 4.79 Å². The van der Waals surface area contributed by atoms with E-state index in [1.165, 1.54) is 10.7 Å². The Bertz CT molecular complexity index is 917. The Labute approximate surface area is 144 Å². The molecule has 6 nitrogen and oxygen atoms in total. The second kappa shape index (κ2) is 6.51. The van der Waals surface area contributed by atoms with E-state index in [-0.39, 0.29) is 18.1 Å². The highest BCUT2D eigenvalue weighted by Crippen LogP contribution is 2.31. The molecule has 1 N–H and O–H groups in total. The van der Waals surface area contributed by atoms with Crippen LogP contribution in [0, 0.1) is 5.82 Å². The molecule has 1 amide bonds. The summed E-state index contributed by atoms with van der Waals surface area (Å²) in [4.78, 5) is 14.6. The van der Waals surface area contributed by atoms with Gasteiger partial charge in [0.05, 0.1) is 11.2 Å². The lowest BCUT2D eigenvalue weighted by Gasteiger charge is -2.22. The summed E-state index contributed by atoms with van der Waals surface area (Å²) in [7, 11) is 0. The maximum Gasteiger partial charge on any atom is 0.246 e. The van der Waals surface area contributed by atoms with E-state index in [4.69, 9.17) is 0 Å². The number of nitrogens with zero attached hydrogens (tertiary/aromatic N) is 4. The lowest BCUT2D eigenvalue weighted by molar-refractivity contribution is -0.116. The molecule has 0 atom stereocenters. The number of hydrogen-bond acceptors (Lipinski definition) is 4. The second-order valence-corrected chi connectivity index (χ2v) is 6.11. The number of halogens is 1. The van der Waals surface area contributed by atoms with Gasteiger partial charge in [0.15, 0.2) is 0 Å². The smallest absolute Gasteiger partial charge is 0.246 e. The number of benzene rings is 2. The van der Waals surface area contributed by atoms with Crippen molar-refractivity contribution in [3.63, 3.8) is 0 Å². The molecule has 0 aliphatic carbocycles. The van der Waals surface area contributed by atoms with Gasteiger partial charge in [-0.05, 0) is 37.1 Å². The predicted molar refractivity (Wildman–Crippen MR) is 94.0 cm³/mol. The Hall–Kier alpha value is -2.96. The quantitative estimate of drug-likeness (QED) is 0.794. The average Bonchev–Trinajstić information content (AvgIpc) is 3.27. The molecule has 1 fully saturated rings. The van der Waals surface area contributed by atoms with Crippen LogP contribution in [0.4, 0.5) is 15.8 Å². The molecule has 1 saturated heterocycles. The number of nitrogens with one attached hydrogen (secondary N) is 1. The fourth-order valence-corrected chi connectivity index (χ4v) is 3.21. The van der Waals surface area contributed by atoms with Crippen LogP contribution >= 0.6 is 0 Å². The molecule has 2 heterocycles. The van der Waals surface area contributed by atoms with E-state index >= 15 is 0 Å². The van der Waals surface area contributed by atoms with Gasteiger partial charge in [0, 0.05) is 13.1 Å². The van der Waals surface area contributed by atoms with Crippen LogP contribution < -0.4 is 10.2 Å². The van der Waals surface area contributed by atoms with Crippen LogP contribution in [0.1, 0.15) is 12.8 Å². The minimum Gasteiger partial charge on any atom is -0.370 e. The van der Waals surface area contributed by atoms with Crippen LogP contribution in [0.2, 0.25) is 0 Å². The molecule has 2 aromatic carbocycles. The fraction of sp³-hybridized carbons (Fsp3) is 0.278. The van der Waals surface area contributed by atoms with Crippen molar-refractivity contribution in [2.24, 2.45) is 0 Å². The molecule has 7 heteroatoms. The Kier molecular flexibility index (Phi) is 4.05. The monoisotopic (exact) mass is 339 g/mol. The molecule has 1 aromatic heterocycles. The number of anilines is 2. The molecule has 0 spiro atoms. The summed E-state index contributed by atoms with van der Waals surface area (Å²) >= 11 is 0. The lowest BCUT2D eigenvalue weighted by atomic mass is 10.2. The van der Waals surface area contributed by atoms with Crippen molar-refractivity contribution in [3.8, 4) is 0 Å². The van der Waals surface area contributed by atoms with E-state index in [1.54, 1.807) is 6.07 Å². The van der Waals surface area contributed by atoms with Crippen molar-refractivity contribution >= 4 is 28.3 Å². The van der Waals surface area contributed by atoms with Crippen LogP contribution in [0.3, 0.4) is 0 Å². The van der Waals surface area contributed by atoms with Gasteiger partial charge >= 0.3 is 0 Å². The highest BCUT2D eigenvalue weighted by atomic mass is 19.1. The van der Waals surface area contributed by atoms with Gasteiger partial charge in [0.2, 0.25) is 5.91 Å². The molecule has 0 radical (unpaired) electrons. The lowest BCUT2D eigenvalue weighted by Crippen LogP contribution is -2.24. The molecule has 1 aliphatic rings. The predicted octanol–water partition coefficient (Wildman–Crippen LogP) is 2.81. The first-order valence-electron chi connectivity index (χ1n) is 8.34. The molecule has 0 unspecified atom stereocenters. The van der Waals surface area contributed by atoms with Crippen LogP contribution in [-0.2, 0) is 11.3 Å². The van der Waals surface area contributed by atoms with Crippen molar-refractivity contribution < 1.29 is 9.18 Å². The third kappa shape index (κ3) is 3.05. The molecule has 0 saturated carbocycles. The molecule has 128 valence electrons. The molecule has 4 rings (SSSR count). The fourth-order valence-electron chi connectivity index (χ4n) is 3.21. The zero-order valence-electron chi connectivity index (χ0n) is 13.7. The van der Waals surface area contributed by atoms with E-state index in [1.807, 2.05) is 30.3 Å². The summed E-state index contributed by atoms with van der Waals surface area (Å²) < 4.78 is 15.8. The van der Waals surface area contributed by atoms with E-state index in [9.17, 15) is 9.18 Å². The Balaban J connectivity index is 1.56. The number of fused-ring (bicyclic) bond motifs is 1. The van der Waals surface area contributed by atoms with Crippen molar-refractivity contribution in [1.29, 1.82) is 0 Å². The van der Waals surface area contributed by atoms with E-state index in [0.29, 0.717) is 0 Å². The average molecular weight is 339 g/mol. The Morgan fingerprint density at radius 2 is 1.92 bits per heavy atom. The minimum absolute atomic E-state index is 0.0196. The van der Waals surface area contributed by atoms with Crippen molar-refractivity contribution in [2.75, 3.05) is 23.3 Å². The first kappa shape index (κ1) is 15.6. The number of aromatic nitrogens is 3. The van der Waals surface area contributed by atoms with Crippen LogP contribution in [-0.4, -0.2) is 34.0 Å². The number of para-hydroxylation sites is 2. The molecular formula is C18H18FN5O. The van der Waals surface area contributed by atoms with Crippen molar-refractivity contribution in [3.05, 3.63) is 48.3 Å². The second-order valence-electron chi connectivity index (χ2n) is 6.11. The number of carbonyl (C=O) groups is 1. The van der Waals surface area contributed by atoms with Gasteiger partial charge in [-0.25, -0.2) is 9.07 Å². The summed E-state index contributed by atoms with van der Waals surface area (Å²) in [6.45, 7) is 1.73. The zero-order valence-corrected chi connectivity index (χ0v) is 13.7. The van der Waals surface area contributed by atoms with Crippen LogP contribution in [0.5, 0.6) is 0 Å². The number of rotatable bonds is 4. The Morgan fingerprint density at radius 3 is 2.76 bits per heavy atom. The largest absolute Gasteiger partial charge is 0.370 e. The van der Waals surface area contributed by atoms with E-state index in [0.717, 1.165) is 42.7 Å². The van der Waals surface area contributed by atoms with E-state index in [2.05, 4.69) is 20.5 Å². The summed E-state index contributed by atoms with van der Waals surface area (Å²) in [6, 6.07) is 12.3. The van der Waals surface area contributed by atoms with Crippen molar-refractivity contribution in [1.82, 2.24) is 15.0 Å². The third-order valence-corrected chi connectivity index (χ3v) is 4.42. The summed E-state index contributed by atoms with van der Waals surface area (Å²) in [6.07, 6.45) is 2.16. The highest BCUT2D eigenvalue weighted by Gasteiger charge is 2.20. The van der Waals surface area contributed by atoms with Gasteiger partial charge in [0.1, 0.15) is 23.6 Å². The molecule has 3 aromatic rings. The Morgan fingerprint density at radius 1 is 1.12 bits per heavy atom. The van der Waals surface area contributed by atoms with Gasteiger partial charge in [-0.15, -0.1) is 5.10 Å². The third-order valence-electron chi connectivity index (χ3n) is 4.42. The standard InChI is InChI=1S/C18H18FN5O/c19-13-6-5-9-16(23-10-3-4-11-23)18(13)20-17(25)12-24-15-8-2-1-7-14(15)21-22-24/h1-2,5-9H,3-4,10-12H2,(H,20,25). The van der Waals surface area contributed by atoms with Crippen LogP contribution in [0.25, 0.3) is 11.0 Å². The molecular weight excluding hydrogens is 321 g/mol.